The van der Waals surface area contributed by atoms with Crippen LogP contribution in [0.4, 0.5) is 18.9 Å². The number of allylic oxidation sites excluding steroid dienone is 2. The summed E-state index contributed by atoms with van der Waals surface area (Å²) in [4.78, 5) is 27.5. The van der Waals surface area contributed by atoms with E-state index in [4.69, 9.17) is 4.74 Å². The van der Waals surface area contributed by atoms with Crippen LogP contribution < -0.4 is 9.64 Å². The zero-order valence-corrected chi connectivity index (χ0v) is 17.3. The predicted octanol–water partition coefficient (Wildman–Crippen LogP) is 5.80. The number of hydrogen-bond donors (Lipinski definition) is 0. The number of nitrogens with zero attached hydrogens (tertiary/aromatic N) is 1. The molecule has 4 nitrogen and oxygen atoms in total. The molecule has 0 spiro atoms. The normalized spacial score (nSPS) is 19.1. The number of halogens is 3. The molecule has 1 atom stereocenters. The molecule has 166 valence electrons. The summed E-state index contributed by atoms with van der Waals surface area (Å²) in [5.74, 6) is 0.0126. The first-order valence-corrected chi connectivity index (χ1v) is 10.4. The summed E-state index contributed by atoms with van der Waals surface area (Å²) in [7, 11) is 0. The molecule has 0 saturated carbocycles. The summed E-state index contributed by atoms with van der Waals surface area (Å²) in [5.41, 5.74) is 1.57. The molecule has 0 saturated heterocycles. The Bertz CT molecular complexity index is 1070. The van der Waals surface area contributed by atoms with Gasteiger partial charge in [0.25, 0.3) is 0 Å². The molecule has 32 heavy (non-hydrogen) atoms. The largest absolute Gasteiger partial charge is 0.490 e. The van der Waals surface area contributed by atoms with E-state index >= 15 is 0 Å². The third-order valence-corrected chi connectivity index (χ3v) is 5.78. The number of carbonyl (C=O) groups is 2. The minimum absolute atomic E-state index is 0.0207. The molecule has 7 heteroatoms. The first-order valence-electron chi connectivity index (χ1n) is 10.4. The lowest BCUT2D eigenvalue weighted by atomic mass is 9.77. The molecule has 2 aromatic rings. The maximum absolute atomic E-state index is 13.2. The van der Waals surface area contributed by atoms with Crippen LogP contribution in [0.5, 0.6) is 5.75 Å². The van der Waals surface area contributed by atoms with Gasteiger partial charge in [-0.25, -0.2) is 0 Å². The molecule has 1 unspecified atom stereocenters. The number of carbonyl (C=O) groups excluding carboxylic acids is 2. The SMILES string of the molecule is C=CCOc1ccc(C2CC(=O)N(c3ccc(C(F)(F)F)cc3)C3=C2C(=O)CCC3)cc1. The Morgan fingerprint density at radius 3 is 2.34 bits per heavy atom. The summed E-state index contributed by atoms with van der Waals surface area (Å²) in [5, 5.41) is 0. The van der Waals surface area contributed by atoms with Crippen LogP contribution in [0.1, 0.15) is 42.7 Å². The van der Waals surface area contributed by atoms with Crippen molar-refractivity contribution in [1.29, 1.82) is 0 Å². The number of alkyl halides is 3. The van der Waals surface area contributed by atoms with Crippen LogP contribution in [-0.2, 0) is 15.8 Å². The summed E-state index contributed by atoms with van der Waals surface area (Å²) >= 11 is 0. The predicted molar refractivity (Wildman–Crippen MR) is 114 cm³/mol. The lowest BCUT2D eigenvalue weighted by molar-refractivity contribution is -0.137. The van der Waals surface area contributed by atoms with Gasteiger partial charge in [-0.1, -0.05) is 24.8 Å². The molecule has 1 aliphatic carbocycles. The Morgan fingerprint density at radius 1 is 1.03 bits per heavy atom. The number of benzene rings is 2. The zero-order valence-electron chi connectivity index (χ0n) is 17.3. The second-order valence-corrected chi connectivity index (χ2v) is 7.84. The fraction of sp³-hybridized carbons (Fsp3) is 0.280. The molecule has 2 aromatic carbocycles. The van der Waals surface area contributed by atoms with Crippen molar-refractivity contribution >= 4 is 17.4 Å². The van der Waals surface area contributed by atoms with Crippen molar-refractivity contribution in [2.45, 2.75) is 37.8 Å². The Hall–Kier alpha value is -3.35. The summed E-state index contributed by atoms with van der Waals surface area (Å²) < 4.78 is 44.3. The second kappa shape index (κ2) is 8.65. The first kappa shape index (κ1) is 21.9. The lowest BCUT2D eigenvalue weighted by Crippen LogP contribution is -2.40. The second-order valence-electron chi connectivity index (χ2n) is 7.84. The molecule has 0 aromatic heterocycles. The molecule has 0 fully saturated rings. The van der Waals surface area contributed by atoms with E-state index in [2.05, 4.69) is 6.58 Å². The van der Waals surface area contributed by atoms with Gasteiger partial charge in [0, 0.05) is 35.7 Å². The highest BCUT2D eigenvalue weighted by atomic mass is 19.4. The van der Waals surface area contributed by atoms with Gasteiger partial charge in [0.1, 0.15) is 12.4 Å². The molecule has 4 rings (SSSR count). The highest BCUT2D eigenvalue weighted by Gasteiger charge is 2.40. The smallest absolute Gasteiger partial charge is 0.416 e. The van der Waals surface area contributed by atoms with Crippen molar-refractivity contribution in [2.24, 2.45) is 0 Å². The molecular formula is C25H22F3NO3. The summed E-state index contributed by atoms with van der Waals surface area (Å²) in [6, 6.07) is 11.8. The van der Waals surface area contributed by atoms with E-state index in [-0.39, 0.29) is 24.0 Å². The minimum atomic E-state index is -4.46. The van der Waals surface area contributed by atoms with E-state index in [0.717, 1.165) is 17.7 Å². The van der Waals surface area contributed by atoms with Crippen molar-refractivity contribution < 1.29 is 27.5 Å². The number of Topliss-reactive ketones (excluding diaryl/α,β-unsaturated/α-hetero) is 1. The maximum Gasteiger partial charge on any atom is 0.416 e. The summed E-state index contributed by atoms with van der Waals surface area (Å²) in [6.45, 7) is 3.98. The quantitative estimate of drug-likeness (QED) is 0.551. The number of hydrogen-bond acceptors (Lipinski definition) is 3. The van der Waals surface area contributed by atoms with Crippen molar-refractivity contribution in [3.8, 4) is 5.75 Å². The van der Waals surface area contributed by atoms with Gasteiger partial charge in [-0.05, 0) is 54.8 Å². The van der Waals surface area contributed by atoms with E-state index < -0.39 is 11.7 Å². The van der Waals surface area contributed by atoms with Crippen LogP contribution in [0, 0.1) is 0 Å². The highest BCUT2D eigenvalue weighted by Crippen LogP contribution is 2.44. The van der Waals surface area contributed by atoms with Crippen molar-refractivity contribution in [3.05, 3.63) is 83.6 Å². The van der Waals surface area contributed by atoms with Crippen LogP contribution in [0.25, 0.3) is 0 Å². The van der Waals surface area contributed by atoms with Gasteiger partial charge < -0.3 is 4.74 Å². The maximum atomic E-state index is 13.2. The Morgan fingerprint density at radius 2 is 1.72 bits per heavy atom. The molecule has 1 aliphatic heterocycles. The summed E-state index contributed by atoms with van der Waals surface area (Å²) in [6.07, 6.45) is -1.24. The van der Waals surface area contributed by atoms with Crippen molar-refractivity contribution in [3.63, 3.8) is 0 Å². The van der Waals surface area contributed by atoms with E-state index in [1.165, 1.54) is 17.0 Å². The fourth-order valence-electron chi connectivity index (χ4n) is 4.33. The Kier molecular flexibility index (Phi) is 5.91. The van der Waals surface area contributed by atoms with Crippen LogP contribution in [0.3, 0.4) is 0 Å². The number of amides is 1. The topological polar surface area (TPSA) is 46.6 Å². The fourth-order valence-corrected chi connectivity index (χ4v) is 4.33. The van der Waals surface area contributed by atoms with E-state index in [1.54, 1.807) is 18.2 Å². The molecular weight excluding hydrogens is 419 g/mol. The van der Waals surface area contributed by atoms with Gasteiger partial charge >= 0.3 is 6.18 Å². The van der Waals surface area contributed by atoms with Crippen LogP contribution in [0.2, 0.25) is 0 Å². The van der Waals surface area contributed by atoms with Crippen molar-refractivity contribution in [2.75, 3.05) is 11.5 Å². The van der Waals surface area contributed by atoms with Crippen LogP contribution in [0.15, 0.2) is 72.5 Å². The monoisotopic (exact) mass is 441 g/mol. The highest BCUT2D eigenvalue weighted by molar-refractivity contribution is 6.07. The van der Waals surface area contributed by atoms with Crippen LogP contribution in [-0.4, -0.2) is 18.3 Å². The van der Waals surface area contributed by atoms with E-state index in [0.29, 0.717) is 48.6 Å². The average molecular weight is 441 g/mol. The van der Waals surface area contributed by atoms with Crippen molar-refractivity contribution in [1.82, 2.24) is 0 Å². The molecule has 2 aliphatic rings. The van der Waals surface area contributed by atoms with E-state index in [1.807, 2.05) is 12.1 Å². The Labute approximate surface area is 184 Å². The molecule has 1 amide bonds. The number of ether oxygens (including phenoxy) is 1. The standard InChI is InChI=1S/C25H22F3NO3/c1-2-14-32-19-12-6-16(7-13-19)20-15-23(31)29(21-4-3-5-22(30)24(20)21)18-10-8-17(9-11-18)25(26,27)28/h2,6-13,20H,1,3-5,14-15H2. The van der Waals surface area contributed by atoms with Gasteiger partial charge in [0.15, 0.2) is 5.78 Å². The number of ketones is 1. The molecule has 0 bridgehead atoms. The zero-order chi connectivity index (χ0) is 22.9. The third-order valence-electron chi connectivity index (χ3n) is 5.78. The Balaban J connectivity index is 1.71. The van der Waals surface area contributed by atoms with E-state index in [9.17, 15) is 22.8 Å². The van der Waals surface area contributed by atoms with Gasteiger partial charge in [-0.15, -0.1) is 0 Å². The number of anilines is 1. The lowest BCUT2D eigenvalue weighted by Gasteiger charge is -2.38. The van der Waals surface area contributed by atoms with Gasteiger partial charge in [0.2, 0.25) is 5.91 Å². The molecule has 1 heterocycles. The first-order chi connectivity index (χ1) is 15.3. The molecule has 0 radical (unpaired) electrons. The van der Waals surface area contributed by atoms with Crippen LogP contribution >= 0.6 is 0 Å². The molecule has 0 N–H and O–H groups in total. The van der Waals surface area contributed by atoms with Gasteiger partial charge in [-0.3, -0.25) is 14.5 Å². The number of rotatable bonds is 5. The minimum Gasteiger partial charge on any atom is -0.490 e. The van der Waals surface area contributed by atoms with Gasteiger partial charge in [-0.2, -0.15) is 13.2 Å². The average Bonchev–Trinajstić information content (AvgIpc) is 2.77. The van der Waals surface area contributed by atoms with Gasteiger partial charge in [0.05, 0.1) is 5.56 Å². The third kappa shape index (κ3) is 4.20.